The van der Waals surface area contributed by atoms with Crippen LogP contribution in [0, 0.1) is 0 Å². The van der Waals surface area contributed by atoms with Gasteiger partial charge in [0.05, 0.1) is 5.92 Å². The minimum Gasteiger partial charge on any atom is -0.460 e. The lowest BCUT2D eigenvalue weighted by Crippen LogP contribution is -2.10. The second-order valence-electron chi connectivity index (χ2n) is 5.94. The van der Waals surface area contributed by atoms with Crippen LogP contribution in [0.25, 0.3) is 11.0 Å². The summed E-state index contributed by atoms with van der Waals surface area (Å²) in [6.07, 6.45) is 0. The van der Waals surface area contributed by atoms with Crippen LogP contribution in [0.2, 0.25) is 5.02 Å². The molecule has 1 aromatic heterocycles. The Labute approximate surface area is 144 Å². The predicted octanol–water partition coefficient (Wildman–Crippen LogP) is 6.37. The van der Waals surface area contributed by atoms with E-state index in [1.165, 1.54) is 0 Å². The lowest BCUT2D eigenvalue weighted by molar-refractivity contribution is 0.438. The Morgan fingerprint density at radius 1 is 0.750 bits per heavy atom. The maximum atomic E-state index is 6.25. The van der Waals surface area contributed by atoms with Gasteiger partial charge in [-0.05, 0) is 36.4 Å². The lowest BCUT2D eigenvalue weighted by atomic mass is 9.86. The van der Waals surface area contributed by atoms with Crippen molar-refractivity contribution in [3.05, 3.63) is 94.7 Å². The van der Waals surface area contributed by atoms with Gasteiger partial charge in [-0.25, -0.2) is 0 Å². The highest BCUT2D eigenvalue weighted by Crippen LogP contribution is 2.48. The van der Waals surface area contributed by atoms with Gasteiger partial charge in [0.2, 0.25) is 0 Å². The van der Waals surface area contributed by atoms with Crippen molar-refractivity contribution in [2.24, 2.45) is 0 Å². The van der Waals surface area contributed by atoms with Crippen LogP contribution in [-0.4, -0.2) is 0 Å². The second-order valence-corrected chi connectivity index (χ2v) is 6.38. The molecule has 2 nitrogen and oxygen atoms in total. The van der Waals surface area contributed by atoms with E-state index in [-0.39, 0.29) is 5.92 Å². The Morgan fingerprint density at radius 3 is 2.46 bits per heavy atom. The molecule has 1 unspecified atom stereocenters. The zero-order chi connectivity index (χ0) is 16.1. The normalized spacial score (nSPS) is 15.6. The fraction of sp³-hybridized carbons (Fsp3) is 0.0476. The second kappa shape index (κ2) is 5.15. The van der Waals surface area contributed by atoms with Crippen LogP contribution in [0.3, 0.4) is 0 Å². The van der Waals surface area contributed by atoms with Gasteiger partial charge in [-0.15, -0.1) is 0 Å². The van der Waals surface area contributed by atoms with E-state index in [9.17, 15) is 0 Å². The van der Waals surface area contributed by atoms with Gasteiger partial charge in [-0.1, -0.05) is 48.0 Å². The molecular formula is C21H13ClO2. The number of ether oxygens (including phenoxy) is 1. The third-order valence-corrected chi connectivity index (χ3v) is 4.70. The van der Waals surface area contributed by atoms with Gasteiger partial charge in [0, 0.05) is 21.5 Å². The molecule has 3 aromatic carbocycles. The van der Waals surface area contributed by atoms with Gasteiger partial charge in [-0.2, -0.15) is 0 Å². The molecule has 0 saturated heterocycles. The van der Waals surface area contributed by atoms with Crippen molar-refractivity contribution >= 4 is 22.6 Å². The zero-order valence-corrected chi connectivity index (χ0v) is 13.5. The van der Waals surface area contributed by atoms with Gasteiger partial charge in [-0.3, -0.25) is 0 Å². The number of hydrogen-bond donors (Lipinski definition) is 0. The van der Waals surface area contributed by atoms with Gasteiger partial charge in [0.25, 0.3) is 0 Å². The topological polar surface area (TPSA) is 22.4 Å². The van der Waals surface area contributed by atoms with Crippen LogP contribution >= 0.6 is 11.6 Å². The average Bonchev–Trinajstić information content (AvgIpc) is 3.03. The molecule has 0 N–H and O–H groups in total. The van der Waals surface area contributed by atoms with Crippen molar-refractivity contribution in [3.63, 3.8) is 0 Å². The summed E-state index contributed by atoms with van der Waals surface area (Å²) >= 11 is 6.25. The predicted molar refractivity (Wildman–Crippen MR) is 95.1 cm³/mol. The first-order valence-corrected chi connectivity index (χ1v) is 8.22. The summed E-state index contributed by atoms with van der Waals surface area (Å²) in [5, 5.41) is 1.79. The number of halogens is 1. The van der Waals surface area contributed by atoms with E-state index < -0.39 is 0 Å². The molecule has 3 heteroatoms. The van der Waals surface area contributed by atoms with E-state index in [0.717, 1.165) is 39.4 Å². The monoisotopic (exact) mass is 332 g/mol. The first-order valence-electron chi connectivity index (χ1n) is 7.84. The SMILES string of the molecule is Clc1ccc2c(c1)C(c1cc3ccccc3o1)c1ccccc1O2. The Morgan fingerprint density at radius 2 is 1.54 bits per heavy atom. The first kappa shape index (κ1) is 13.7. The number of hydrogen-bond acceptors (Lipinski definition) is 2. The van der Waals surface area contributed by atoms with Crippen LogP contribution in [0.15, 0.2) is 77.2 Å². The summed E-state index contributed by atoms with van der Waals surface area (Å²) < 4.78 is 12.2. The summed E-state index contributed by atoms with van der Waals surface area (Å²) in [5.74, 6) is 2.55. The summed E-state index contributed by atoms with van der Waals surface area (Å²) in [6.45, 7) is 0. The molecule has 1 aliphatic rings. The van der Waals surface area contributed by atoms with Crippen LogP contribution in [0.4, 0.5) is 0 Å². The van der Waals surface area contributed by atoms with Crippen molar-refractivity contribution in [3.8, 4) is 11.5 Å². The summed E-state index contributed by atoms with van der Waals surface area (Å²) in [5.41, 5.74) is 3.01. The third kappa shape index (κ3) is 2.04. The van der Waals surface area contributed by atoms with Crippen LogP contribution < -0.4 is 4.74 Å². The standard InChI is InChI=1S/C21H13ClO2/c22-14-9-10-19-16(12-14)21(15-6-2-4-8-18(15)24-19)20-11-13-5-1-3-7-17(13)23-20/h1-12,21H. The van der Waals surface area contributed by atoms with E-state index in [1.54, 1.807) is 0 Å². The highest BCUT2D eigenvalue weighted by Gasteiger charge is 2.31. The summed E-state index contributed by atoms with van der Waals surface area (Å²) in [7, 11) is 0. The number of benzene rings is 3. The third-order valence-electron chi connectivity index (χ3n) is 4.46. The van der Waals surface area contributed by atoms with Crippen LogP contribution in [-0.2, 0) is 0 Å². The molecule has 1 atom stereocenters. The number of para-hydroxylation sites is 2. The molecular weight excluding hydrogens is 320 g/mol. The molecule has 0 aliphatic carbocycles. The largest absolute Gasteiger partial charge is 0.460 e. The average molecular weight is 333 g/mol. The molecule has 1 aliphatic heterocycles. The highest BCUT2D eigenvalue weighted by molar-refractivity contribution is 6.30. The molecule has 0 saturated carbocycles. The number of fused-ring (bicyclic) bond motifs is 3. The highest BCUT2D eigenvalue weighted by atomic mass is 35.5. The van der Waals surface area contributed by atoms with Gasteiger partial charge < -0.3 is 9.15 Å². The molecule has 0 bridgehead atoms. The molecule has 5 rings (SSSR count). The molecule has 24 heavy (non-hydrogen) atoms. The van der Waals surface area contributed by atoms with E-state index in [2.05, 4.69) is 18.2 Å². The summed E-state index contributed by atoms with van der Waals surface area (Å²) in [4.78, 5) is 0. The summed E-state index contributed by atoms with van der Waals surface area (Å²) in [6, 6.07) is 24.0. The van der Waals surface area contributed by atoms with Gasteiger partial charge in [0.15, 0.2) is 0 Å². The minimum absolute atomic E-state index is 0.0314. The smallest absolute Gasteiger partial charge is 0.134 e. The van der Waals surface area contributed by atoms with Crippen molar-refractivity contribution in [2.45, 2.75) is 5.92 Å². The van der Waals surface area contributed by atoms with Gasteiger partial charge in [0.1, 0.15) is 22.8 Å². The van der Waals surface area contributed by atoms with Crippen molar-refractivity contribution in [1.82, 2.24) is 0 Å². The van der Waals surface area contributed by atoms with Crippen LogP contribution in [0.1, 0.15) is 22.8 Å². The molecule has 0 spiro atoms. The Kier molecular flexibility index (Phi) is 2.94. The Bertz CT molecular complexity index is 1030. The maximum absolute atomic E-state index is 6.25. The van der Waals surface area contributed by atoms with Crippen molar-refractivity contribution < 1.29 is 9.15 Å². The Hall–Kier alpha value is -2.71. The maximum Gasteiger partial charge on any atom is 0.134 e. The quantitative estimate of drug-likeness (QED) is 0.356. The molecule has 0 fully saturated rings. The molecule has 0 radical (unpaired) electrons. The number of furan rings is 1. The van der Waals surface area contributed by atoms with Crippen molar-refractivity contribution in [1.29, 1.82) is 0 Å². The first-order chi connectivity index (χ1) is 11.8. The molecule has 116 valence electrons. The van der Waals surface area contributed by atoms with E-state index in [1.807, 2.05) is 54.6 Å². The number of rotatable bonds is 1. The minimum atomic E-state index is -0.0314. The lowest BCUT2D eigenvalue weighted by Gasteiger charge is -2.27. The van der Waals surface area contributed by atoms with Crippen LogP contribution in [0.5, 0.6) is 11.5 Å². The van der Waals surface area contributed by atoms with E-state index in [4.69, 9.17) is 20.8 Å². The van der Waals surface area contributed by atoms with E-state index >= 15 is 0 Å². The fourth-order valence-corrected chi connectivity index (χ4v) is 3.57. The van der Waals surface area contributed by atoms with Gasteiger partial charge >= 0.3 is 0 Å². The molecule has 2 heterocycles. The zero-order valence-electron chi connectivity index (χ0n) is 12.7. The van der Waals surface area contributed by atoms with Crippen molar-refractivity contribution in [2.75, 3.05) is 0 Å². The molecule has 4 aromatic rings. The Balaban J connectivity index is 1.79. The van der Waals surface area contributed by atoms with E-state index in [0.29, 0.717) is 5.02 Å². The molecule has 0 amide bonds. The fourth-order valence-electron chi connectivity index (χ4n) is 3.39.